The maximum atomic E-state index is 12.3. The Morgan fingerprint density at radius 2 is 2.00 bits per heavy atom. The highest BCUT2D eigenvalue weighted by Crippen LogP contribution is 2.19. The van der Waals surface area contributed by atoms with Crippen molar-refractivity contribution in [2.24, 2.45) is 0 Å². The minimum absolute atomic E-state index is 0.136. The van der Waals surface area contributed by atoms with E-state index >= 15 is 0 Å². The van der Waals surface area contributed by atoms with E-state index in [4.69, 9.17) is 5.73 Å². The van der Waals surface area contributed by atoms with Gasteiger partial charge in [-0.2, -0.15) is 20.5 Å². The normalized spacial score (nSPS) is 11.1. The smallest absolute Gasteiger partial charge is 0.251 e. The van der Waals surface area contributed by atoms with Gasteiger partial charge in [-0.05, 0) is 41.0 Å². The highest BCUT2D eigenvalue weighted by Gasteiger charge is 2.11. The lowest BCUT2D eigenvalue weighted by molar-refractivity contribution is 0.0950. The van der Waals surface area contributed by atoms with Crippen LogP contribution in [0.25, 0.3) is 11.2 Å². The summed E-state index contributed by atoms with van der Waals surface area (Å²) in [5.74, 6) is 0.269. The summed E-state index contributed by atoms with van der Waals surface area (Å²) >= 11 is 0. The van der Waals surface area contributed by atoms with Gasteiger partial charge >= 0.3 is 0 Å². The summed E-state index contributed by atoms with van der Waals surface area (Å²) in [7, 11) is 0. The zero-order valence-electron chi connectivity index (χ0n) is 17.0. The van der Waals surface area contributed by atoms with Crippen LogP contribution in [0, 0.1) is 0 Å². The third-order valence-electron chi connectivity index (χ3n) is 5.03. The van der Waals surface area contributed by atoms with Gasteiger partial charge < -0.3 is 11.1 Å². The lowest BCUT2D eigenvalue weighted by Crippen LogP contribution is -2.22. The molecule has 32 heavy (non-hydrogen) atoms. The number of anilines is 1. The number of amides is 1. The van der Waals surface area contributed by atoms with Crippen molar-refractivity contribution < 1.29 is 4.79 Å². The Bertz CT molecular complexity index is 1350. The van der Waals surface area contributed by atoms with Gasteiger partial charge in [0.05, 0.1) is 25.0 Å². The van der Waals surface area contributed by atoms with Crippen molar-refractivity contribution in [2.45, 2.75) is 19.5 Å². The minimum atomic E-state index is -0.136. The van der Waals surface area contributed by atoms with Gasteiger partial charge in [0, 0.05) is 24.4 Å². The quantitative estimate of drug-likeness (QED) is 0.305. The Balaban J connectivity index is 1.22. The van der Waals surface area contributed by atoms with Crippen LogP contribution in [-0.2, 0) is 19.5 Å². The molecule has 5 rings (SSSR count). The van der Waals surface area contributed by atoms with Crippen molar-refractivity contribution >= 4 is 22.9 Å². The Kier molecular flexibility index (Phi) is 5.04. The molecule has 0 spiro atoms. The molecule has 0 saturated heterocycles. The van der Waals surface area contributed by atoms with Gasteiger partial charge in [-0.1, -0.05) is 12.1 Å². The molecule has 0 aliphatic carbocycles. The maximum absolute atomic E-state index is 12.3. The number of nitrogens with two attached hydrogens (primary N) is 1. The first-order valence-electron chi connectivity index (χ1n) is 9.96. The van der Waals surface area contributed by atoms with Crippen LogP contribution >= 0.6 is 0 Å². The lowest BCUT2D eigenvalue weighted by Gasteiger charge is -2.06. The van der Waals surface area contributed by atoms with Gasteiger partial charge in [-0.25, -0.2) is 4.98 Å². The van der Waals surface area contributed by atoms with E-state index in [2.05, 4.69) is 41.0 Å². The Hall–Kier alpha value is -4.54. The Morgan fingerprint density at radius 1 is 1.12 bits per heavy atom. The molecule has 160 valence electrons. The summed E-state index contributed by atoms with van der Waals surface area (Å²) in [4.78, 5) is 16.5. The number of hydrogen-bond acceptors (Lipinski definition) is 7. The number of fused-ring (bicyclic) bond motifs is 1. The molecule has 4 aromatic heterocycles. The molecular formula is C21H20N10O. The molecule has 0 unspecified atom stereocenters. The van der Waals surface area contributed by atoms with Crippen molar-refractivity contribution in [3.05, 3.63) is 82.9 Å². The van der Waals surface area contributed by atoms with Gasteiger partial charge in [-0.3, -0.25) is 14.6 Å². The summed E-state index contributed by atoms with van der Waals surface area (Å²) in [6, 6.07) is 11.1. The van der Waals surface area contributed by atoms with Gasteiger partial charge in [-0.15, -0.1) is 5.10 Å². The number of pyridine rings is 1. The monoisotopic (exact) mass is 428 g/mol. The van der Waals surface area contributed by atoms with Crippen molar-refractivity contribution in [1.29, 1.82) is 0 Å². The number of nitrogen functional groups attached to an aromatic ring is 1. The fourth-order valence-electron chi connectivity index (χ4n) is 3.47. The molecule has 0 aliphatic heterocycles. The lowest BCUT2D eigenvalue weighted by atomic mass is 10.1. The first-order chi connectivity index (χ1) is 15.6. The molecule has 1 aromatic carbocycles. The van der Waals surface area contributed by atoms with E-state index < -0.39 is 0 Å². The van der Waals surface area contributed by atoms with Crippen LogP contribution in [0.3, 0.4) is 0 Å². The van der Waals surface area contributed by atoms with Crippen LogP contribution < -0.4 is 11.1 Å². The second-order valence-electron chi connectivity index (χ2n) is 7.39. The zero-order chi connectivity index (χ0) is 21.9. The number of aromatic nitrogens is 8. The first-order valence-corrected chi connectivity index (χ1v) is 9.96. The van der Waals surface area contributed by atoms with Gasteiger partial charge in [0.1, 0.15) is 11.3 Å². The third-order valence-corrected chi connectivity index (χ3v) is 5.03. The molecule has 0 atom stereocenters. The van der Waals surface area contributed by atoms with E-state index in [9.17, 15) is 4.79 Å². The van der Waals surface area contributed by atoms with Crippen molar-refractivity contribution in [2.75, 3.05) is 5.73 Å². The van der Waals surface area contributed by atoms with Crippen LogP contribution in [0.4, 0.5) is 5.82 Å². The number of benzene rings is 1. The summed E-state index contributed by atoms with van der Waals surface area (Å²) < 4.78 is 1.85. The van der Waals surface area contributed by atoms with E-state index in [-0.39, 0.29) is 5.91 Å². The molecule has 0 saturated carbocycles. The van der Waals surface area contributed by atoms with Crippen LogP contribution in [-0.4, -0.2) is 46.3 Å². The number of nitrogens with zero attached hydrogens (tertiary/aromatic N) is 6. The van der Waals surface area contributed by atoms with Crippen molar-refractivity contribution in [3.63, 3.8) is 0 Å². The number of nitrogens with one attached hydrogen (secondary N) is 3. The molecule has 0 radical (unpaired) electrons. The molecule has 0 fully saturated rings. The molecule has 4 heterocycles. The second kappa shape index (κ2) is 8.30. The predicted molar refractivity (Wildman–Crippen MR) is 116 cm³/mol. The number of H-pyrrole nitrogens is 2. The zero-order valence-corrected chi connectivity index (χ0v) is 17.0. The molecule has 11 nitrogen and oxygen atoms in total. The summed E-state index contributed by atoms with van der Waals surface area (Å²) in [5, 5.41) is 24.7. The molecule has 0 bridgehead atoms. The van der Waals surface area contributed by atoms with Crippen molar-refractivity contribution in [3.8, 4) is 0 Å². The van der Waals surface area contributed by atoms with E-state index in [1.54, 1.807) is 12.3 Å². The average Bonchev–Trinajstić information content (AvgIpc) is 3.55. The number of hydrogen-bond donors (Lipinski definition) is 4. The van der Waals surface area contributed by atoms with E-state index in [0.717, 1.165) is 22.4 Å². The van der Waals surface area contributed by atoms with Crippen molar-refractivity contribution in [1.82, 2.24) is 45.7 Å². The number of carbonyl (C=O) groups is 1. The Morgan fingerprint density at radius 3 is 2.81 bits per heavy atom. The average molecular weight is 428 g/mol. The third kappa shape index (κ3) is 4.17. The Labute approximate surface area is 182 Å². The molecule has 5 N–H and O–H groups in total. The second-order valence-corrected chi connectivity index (χ2v) is 7.39. The molecule has 1 amide bonds. The van der Waals surface area contributed by atoms with Gasteiger partial charge in [0.15, 0.2) is 0 Å². The number of carbonyl (C=O) groups excluding carboxylic acids is 1. The topological polar surface area (TPSA) is 156 Å². The summed E-state index contributed by atoms with van der Waals surface area (Å²) in [5.41, 5.74) is 11.5. The standard InChI is InChI=1S/C21H20N10O/c22-18-8-16(19-20(26-18)29-30-28-19)7-14-9-25-31(12-14)11-13-1-3-15(4-2-13)21(32)23-10-17-5-6-24-27-17/h1-6,8-9,12H,7,10-11H2,(H,23,32)(H,24,27)(H3,22,26,28,29,30). The van der Waals surface area contributed by atoms with E-state index in [0.29, 0.717) is 42.1 Å². The maximum Gasteiger partial charge on any atom is 0.251 e. The predicted octanol–water partition coefficient (Wildman–Crippen LogP) is 1.42. The highest BCUT2D eigenvalue weighted by atomic mass is 16.1. The van der Waals surface area contributed by atoms with Crippen LogP contribution in [0.2, 0.25) is 0 Å². The van der Waals surface area contributed by atoms with Crippen LogP contribution in [0.5, 0.6) is 0 Å². The minimum Gasteiger partial charge on any atom is -0.384 e. The van der Waals surface area contributed by atoms with Crippen LogP contribution in [0.15, 0.2) is 55.0 Å². The molecule has 0 aliphatic rings. The van der Waals surface area contributed by atoms with Gasteiger partial charge in [0.25, 0.3) is 5.91 Å². The fraction of sp³-hybridized carbons (Fsp3) is 0.143. The first kappa shape index (κ1) is 19.4. The molecule has 11 heteroatoms. The van der Waals surface area contributed by atoms with Gasteiger partial charge in [0.2, 0.25) is 5.65 Å². The summed E-state index contributed by atoms with van der Waals surface area (Å²) in [6.45, 7) is 0.994. The summed E-state index contributed by atoms with van der Waals surface area (Å²) in [6.07, 6.45) is 6.07. The fourth-order valence-corrected chi connectivity index (χ4v) is 3.47. The van der Waals surface area contributed by atoms with E-state index in [1.807, 2.05) is 47.4 Å². The number of aromatic amines is 2. The molecule has 5 aromatic rings. The number of rotatable bonds is 7. The molecular weight excluding hydrogens is 408 g/mol. The van der Waals surface area contributed by atoms with E-state index in [1.165, 1.54) is 0 Å². The SMILES string of the molecule is Nc1cc(Cc2cnn(Cc3ccc(C(=O)NCc4ccn[nH]4)cc3)c2)c2n[nH]nc2n1. The van der Waals surface area contributed by atoms with Crippen LogP contribution in [0.1, 0.15) is 32.7 Å². The largest absolute Gasteiger partial charge is 0.384 e. The highest BCUT2D eigenvalue weighted by molar-refractivity contribution is 5.94.